The van der Waals surface area contributed by atoms with Crippen LogP contribution in [0.25, 0.3) is 11.0 Å². The predicted octanol–water partition coefficient (Wildman–Crippen LogP) is 3.02. The molecule has 0 spiro atoms. The summed E-state index contributed by atoms with van der Waals surface area (Å²) in [5, 5.41) is 20.3. The molecule has 2 rings (SSSR count). The molecule has 1 heterocycles. The van der Waals surface area contributed by atoms with E-state index in [9.17, 15) is 15.0 Å². The van der Waals surface area contributed by atoms with Crippen molar-refractivity contribution in [3.63, 3.8) is 0 Å². The number of rotatable bonds is 4. The molecule has 0 saturated heterocycles. The highest BCUT2D eigenvalue weighted by molar-refractivity contribution is 7.71. The highest BCUT2D eigenvalue weighted by Crippen LogP contribution is 2.38. The van der Waals surface area contributed by atoms with E-state index in [4.69, 9.17) is 16.6 Å². The molecule has 1 aromatic carbocycles. The minimum atomic E-state index is -0.435. The van der Waals surface area contributed by atoms with Crippen LogP contribution in [0.4, 0.5) is 0 Å². The van der Waals surface area contributed by atoms with Crippen molar-refractivity contribution in [1.29, 1.82) is 0 Å². The summed E-state index contributed by atoms with van der Waals surface area (Å²) < 4.78 is 10.3. The van der Waals surface area contributed by atoms with Crippen molar-refractivity contribution < 1.29 is 24.2 Å². The van der Waals surface area contributed by atoms with Crippen LogP contribution >= 0.6 is 12.2 Å². The second-order valence-corrected chi connectivity index (χ2v) is 4.84. The third-order valence-electron chi connectivity index (χ3n) is 3.08. The quantitative estimate of drug-likeness (QED) is 0.391. The fourth-order valence-electron chi connectivity index (χ4n) is 2.11. The predicted molar refractivity (Wildman–Crippen MR) is 80.0 cm³/mol. The number of esters is 1. The summed E-state index contributed by atoms with van der Waals surface area (Å²) in [6, 6.07) is 2.87. The number of fused-ring (bicyclic) bond motifs is 1. The zero-order valence-corrected chi connectivity index (χ0v) is 12.2. The Morgan fingerprint density at radius 1 is 1.48 bits per heavy atom. The van der Waals surface area contributed by atoms with E-state index in [0.717, 1.165) is 0 Å². The van der Waals surface area contributed by atoms with Crippen LogP contribution in [-0.4, -0.2) is 23.3 Å². The third-order valence-corrected chi connectivity index (χ3v) is 3.28. The van der Waals surface area contributed by atoms with Gasteiger partial charge in [-0.25, -0.2) is 0 Å². The van der Waals surface area contributed by atoms with Gasteiger partial charge in [0.15, 0.2) is 16.2 Å². The first-order valence-corrected chi connectivity index (χ1v) is 6.57. The van der Waals surface area contributed by atoms with Crippen LogP contribution in [0.2, 0.25) is 0 Å². The van der Waals surface area contributed by atoms with E-state index >= 15 is 0 Å². The summed E-state index contributed by atoms with van der Waals surface area (Å²) in [5.74, 6) is -1.01. The van der Waals surface area contributed by atoms with Crippen LogP contribution in [-0.2, 0) is 22.4 Å². The number of benzene rings is 1. The van der Waals surface area contributed by atoms with Crippen LogP contribution in [0.5, 0.6) is 11.5 Å². The van der Waals surface area contributed by atoms with Crippen molar-refractivity contribution in [2.75, 3.05) is 7.11 Å². The van der Waals surface area contributed by atoms with E-state index in [0.29, 0.717) is 22.1 Å². The smallest absolute Gasteiger partial charge is 0.310 e. The number of methoxy groups -OCH3 is 1. The van der Waals surface area contributed by atoms with Gasteiger partial charge in [0.1, 0.15) is 5.58 Å². The first-order valence-electron chi connectivity index (χ1n) is 6.16. The molecule has 0 amide bonds. The van der Waals surface area contributed by atoms with Crippen LogP contribution in [0.3, 0.4) is 0 Å². The average Bonchev–Trinajstić information content (AvgIpc) is 2.45. The van der Waals surface area contributed by atoms with Crippen LogP contribution in [0.1, 0.15) is 11.1 Å². The largest absolute Gasteiger partial charge is 0.504 e. The van der Waals surface area contributed by atoms with Gasteiger partial charge in [0, 0.05) is 10.9 Å². The molecule has 2 N–H and O–H groups in total. The molecule has 0 aliphatic heterocycles. The van der Waals surface area contributed by atoms with Gasteiger partial charge in [-0.3, -0.25) is 4.79 Å². The summed E-state index contributed by atoms with van der Waals surface area (Å²) in [5.41, 5.74) is 1.27. The molecule has 0 saturated carbocycles. The Morgan fingerprint density at radius 3 is 2.81 bits per heavy atom. The molecule has 0 aliphatic rings. The highest BCUT2D eigenvalue weighted by atomic mass is 32.1. The van der Waals surface area contributed by atoms with Gasteiger partial charge >= 0.3 is 5.97 Å². The molecule has 0 unspecified atom stereocenters. The van der Waals surface area contributed by atoms with E-state index in [1.54, 1.807) is 6.08 Å². The monoisotopic (exact) mass is 306 g/mol. The maximum absolute atomic E-state index is 11.5. The van der Waals surface area contributed by atoms with Crippen molar-refractivity contribution in [3.05, 3.63) is 40.6 Å². The average molecular weight is 306 g/mol. The number of carbonyl (C=O) groups is 1. The van der Waals surface area contributed by atoms with Gasteiger partial charge in [-0.1, -0.05) is 6.08 Å². The first kappa shape index (κ1) is 15.1. The molecule has 1 aromatic heterocycles. The molecule has 0 atom stereocenters. The molecule has 6 heteroatoms. The maximum atomic E-state index is 11.5. The zero-order valence-electron chi connectivity index (χ0n) is 11.4. The number of ether oxygens (including phenoxy) is 1. The van der Waals surface area contributed by atoms with Crippen molar-refractivity contribution in [2.24, 2.45) is 0 Å². The Kier molecular flexibility index (Phi) is 4.28. The number of allylic oxidation sites excluding steroid dienone is 1. The van der Waals surface area contributed by atoms with Gasteiger partial charge in [-0.15, -0.1) is 6.58 Å². The van der Waals surface area contributed by atoms with Gasteiger partial charge in [0.25, 0.3) is 0 Å². The molecule has 0 aliphatic carbocycles. The van der Waals surface area contributed by atoms with Crippen LogP contribution in [0.15, 0.2) is 29.2 Å². The normalized spacial score (nSPS) is 10.5. The molecule has 110 valence electrons. The van der Waals surface area contributed by atoms with Gasteiger partial charge in [-0.2, -0.15) is 0 Å². The summed E-state index contributed by atoms with van der Waals surface area (Å²) in [6.45, 7) is 3.61. The van der Waals surface area contributed by atoms with Crippen LogP contribution in [0, 0.1) is 4.71 Å². The Morgan fingerprint density at radius 2 is 2.19 bits per heavy atom. The zero-order chi connectivity index (χ0) is 15.6. The molecular weight excluding hydrogens is 292 g/mol. The van der Waals surface area contributed by atoms with Crippen molar-refractivity contribution in [2.45, 2.75) is 12.8 Å². The Balaban J connectivity index is 2.80. The van der Waals surface area contributed by atoms with Crippen molar-refractivity contribution in [3.8, 4) is 11.5 Å². The number of aromatic hydroxyl groups is 2. The van der Waals surface area contributed by atoms with Gasteiger partial charge in [-0.05, 0) is 36.3 Å². The van der Waals surface area contributed by atoms with Crippen molar-refractivity contribution >= 4 is 29.2 Å². The molecule has 0 bridgehead atoms. The van der Waals surface area contributed by atoms with Crippen molar-refractivity contribution in [1.82, 2.24) is 0 Å². The first-order chi connectivity index (χ1) is 9.97. The van der Waals surface area contributed by atoms with Crippen LogP contribution < -0.4 is 0 Å². The molecule has 0 radical (unpaired) electrons. The Labute approximate surface area is 126 Å². The van der Waals surface area contributed by atoms with E-state index < -0.39 is 5.97 Å². The highest BCUT2D eigenvalue weighted by Gasteiger charge is 2.17. The van der Waals surface area contributed by atoms with E-state index in [1.807, 2.05) is 0 Å². The van der Waals surface area contributed by atoms with Gasteiger partial charge < -0.3 is 19.4 Å². The second kappa shape index (κ2) is 5.97. The lowest BCUT2D eigenvalue weighted by molar-refractivity contribution is -0.139. The molecular formula is C15H14O5S. The molecule has 21 heavy (non-hydrogen) atoms. The van der Waals surface area contributed by atoms with E-state index in [1.165, 1.54) is 19.2 Å². The minimum absolute atomic E-state index is 0.00918. The van der Waals surface area contributed by atoms with Gasteiger partial charge in [0.2, 0.25) is 0 Å². The summed E-state index contributed by atoms with van der Waals surface area (Å²) in [4.78, 5) is 11.5. The molecule has 5 nitrogen and oxygen atoms in total. The Hall–Kier alpha value is -2.34. The summed E-state index contributed by atoms with van der Waals surface area (Å²) in [7, 11) is 1.29. The minimum Gasteiger partial charge on any atom is -0.504 e. The lowest BCUT2D eigenvalue weighted by Gasteiger charge is -2.11. The number of carbonyl (C=O) groups excluding carboxylic acids is 1. The van der Waals surface area contributed by atoms with Gasteiger partial charge in [0.05, 0.1) is 13.5 Å². The standard InChI is InChI=1S/C15H14O5S/c1-3-4-9-14(18)11(16)7-10-8(5-12(17)19-2)6-13(21)20-15(9)10/h3,6-7,16,18H,1,4-5H2,2H3. The van der Waals surface area contributed by atoms with E-state index in [-0.39, 0.29) is 29.0 Å². The topological polar surface area (TPSA) is 79.9 Å². The Bertz CT molecular complexity index is 776. The lowest BCUT2D eigenvalue weighted by atomic mass is 10.0. The molecule has 0 fully saturated rings. The number of phenolic OH excluding ortho intramolecular Hbond substituents is 2. The lowest BCUT2D eigenvalue weighted by Crippen LogP contribution is -2.05. The maximum Gasteiger partial charge on any atom is 0.310 e. The molecule has 2 aromatic rings. The SMILES string of the molecule is C=CCc1c(O)c(O)cc2c(CC(=O)OC)cc(=S)oc12. The third kappa shape index (κ3) is 2.90. The summed E-state index contributed by atoms with van der Waals surface area (Å²) in [6.07, 6.45) is 1.85. The number of hydrogen-bond donors (Lipinski definition) is 2. The number of hydrogen-bond acceptors (Lipinski definition) is 6. The number of phenols is 2. The fraction of sp³-hybridized carbons (Fsp3) is 0.200. The fourth-order valence-corrected chi connectivity index (χ4v) is 2.33. The second-order valence-electron chi connectivity index (χ2n) is 4.44. The summed E-state index contributed by atoms with van der Waals surface area (Å²) >= 11 is 5.05. The van der Waals surface area contributed by atoms with E-state index in [2.05, 4.69) is 11.3 Å².